The van der Waals surface area contributed by atoms with E-state index in [0.717, 1.165) is 51.8 Å². The van der Waals surface area contributed by atoms with Crippen LogP contribution in [0.15, 0.2) is 29.3 Å². The van der Waals surface area contributed by atoms with Crippen molar-refractivity contribution >= 4 is 11.6 Å². The van der Waals surface area contributed by atoms with E-state index >= 15 is 0 Å². The Morgan fingerprint density at radius 3 is 2.50 bits per heavy atom. The molecule has 0 atom stereocenters. The van der Waals surface area contributed by atoms with Gasteiger partial charge in [-0.05, 0) is 37.0 Å². The number of ether oxygens (including phenoxy) is 1. The molecule has 1 fully saturated rings. The van der Waals surface area contributed by atoms with Crippen molar-refractivity contribution in [2.24, 2.45) is 10.9 Å². The van der Waals surface area contributed by atoms with Gasteiger partial charge >= 0.3 is 0 Å². The minimum atomic E-state index is 0.695. The lowest BCUT2D eigenvalue weighted by Gasteiger charge is -2.28. The average molecular weight is 332 g/mol. The largest absolute Gasteiger partial charge is 0.378 e. The number of rotatable bonds is 7. The van der Waals surface area contributed by atoms with Crippen LogP contribution in [0.5, 0.6) is 0 Å². The van der Waals surface area contributed by atoms with Gasteiger partial charge in [0.25, 0.3) is 0 Å². The summed E-state index contributed by atoms with van der Waals surface area (Å²) >= 11 is 0. The van der Waals surface area contributed by atoms with E-state index in [-0.39, 0.29) is 0 Å². The molecular formula is C19H32N4O. The fraction of sp³-hybridized carbons (Fsp3) is 0.632. The van der Waals surface area contributed by atoms with E-state index in [2.05, 4.69) is 65.6 Å². The first-order valence-corrected chi connectivity index (χ1v) is 9.13. The molecule has 1 heterocycles. The molecule has 0 bridgehead atoms. The molecular weight excluding hydrogens is 300 g/mol. The quantitative estimate of drug-likeness (QED) is 0.595. The summed E-state index contributed by atoms with van der Waals surface area (Å²) in [5.74, 6) is 1.60. The van der Waals surface area contributed by atoms with E-state index < -0.39 is 0 Å². The van der Waals surface area contributed by atoms with Gasteiger partial charge in [-0.2, -0.15) is 0 Å². The Hall–Kier alpha value is -1.75. The molecule has 134 valence electrons. The summed E-state index contributed by atoms with van der Waals surface area (Å²) in [6.07, 6.45) is 1.15. The lowest BCUT2D eigenvalue weighted by molar-refractivity contribution is 0.122. The van der Waals surface area contributed by atoms with Gasteiger partial charge in [-0.3, -0.25) is 0 Å². The molecule has 0 amide bonds. The Kier molecular flexibility index (Phi) is 7.89. The van der Waals surface area contributed by atoms with Gasteiger partial charge in [0.05, 0.1) is 19.8 Å². The van der Waals surface area contributed by atoms with Gasteiger partial charge in [0, 0.05) is 31.9 Å². The summed E-state index contributed by atoms with van der Waals surface area (Å²) in [7, 11) is 0. The molecule has 5 heteroatoms. The van der Waals surface area contributed by atoms with Crippen molar-refractivity contribution in [2.45, 2.75) is 33.7 Å². The van der Waals surface area contributed by atoms with E-state index in [1.807, 2.05) is 0 Å². The predicted octanol–water partition coefficient (Wildman–Crippen LogP) is 2.62. The van der Waals surface area contributed by atoms with Crippen LogP contribution in [-0.4, -0.2) is 45.4 Å². The molecule has 0 radical (unpaired) electrons. The standard InChI is InChI=1S/C19H32N4O/c1-4-20-19(21-10-9-16(2)3)22-15-17-5-7-18(8-6-17)23-11-13-24-14-12-23/h5-8,16H,4,9-15H2,1-3H3,(H2,20,21,22). The zero-order valence-corrected chi connectivity index (χ0v) is 15.3. The Morgan fingerprint density at radius 1 is 1.17 bits per heavy atom. The first-order valence-electron chi connectivity index (χ1n) is 9.13. The number of anilines is 1. The molecule has 0 aromatic heterocycles. The van der Waals surface area contributed by atoms with Gasteiger partial charge in [0.15, 0.2) is 5.96 Å². The summed E-state index contributed by atoms with van der Waals surface area (Å²) in [4.78, 5) is 7.05. The normalized spacial score (nSPS) is 15.7. The van der Waals surface area contributed by atoms with Crippen molar-refractivity contribution in [1.82, 2.24) is 10.6 Å². The predicted molar refractivity (Wildman–Crippen MR) is 102 cm³/mol. The third-order valence-corrected chi connectivity index (χ3v) is 4.09. The van der Waals surface area contributed by atoms with Crippen LogP contribution in [0.3, 0.4) is 0 Å². The van der Waals surface area contributed by atoms with Crippen LogP contribution in [0.2, 0.25) is 0 Å². The van der Waals surface area contributed by atoms with E-state index in [0.29, 0.717) is 12.5 Å². The van der Waals surface area contributed by atoms with Crippen molar-refractivity contribution in [1.29, 1.82) is 0 Å². The molecule has 0 aliphatic carbocycles. The highest BCUT2D eigenvalue weighted by molar-refractivity contribution is 5.79. The second-order valence-corrected chi connectivity index (χ2v) is 6.57. The van der Waals surface area contributed by atoms with Crippen LogP contribution in [0.1, 0.15) is 32.8 Å². The molecule has 1 aliphatic heterocycles. The van der Waals surface area contributed by atoms with E-state index in [9.17, 15) is 0 Å². The van der Waals surface area contributed by atoms with Gasteiger partial charge in [-0.25, -0.2) is 4.99 Å². The van der Waals surface area contributed by atoms with E-state index in [1.165, 1.54) is 11.3 Å². The molecule has 2 N–H and O–H groups in total. The summed E-state index contributed by atoms with van der Waals surface area (Å²) in [6, 6.07) is 8.72. The van der Waals surface area contributed by atoms with Gasteiger partial charge in [0.2, 0.25) is 0 Å². The molecule has 1 aromatic rings. The highest BCUT2D eigenvalue weighted by Gasteiger charge is 2.10. The first kappa shape index (κ1) is 18.6. The van der Waals surface area contributed by atoms with Crippen molar-refractivity contribution in [3.63, 3.8) is 0 Å². The summed E-state index contributed by atoms with van der Waals surface area (Å²) in [5.41, 5.74) is 2.50. The lowest BCUT2D eigenvalue weighted by Crippen LogP contribution is -2.38. The summed E-state index contributed by atoms with van der Waals surface area (Å²) < 4.78 is 5.41. The van der Waals surface area contributed by atoms with Crippen molar-refractivity contribution in [3.8, 4) is 0 Å². The Labute approximate surface area is 146 Å². The minimum absolute atomic E-state index is 0.695. The van der Waals surface area contributed by atoms with Crippen molar-refractivity contribution in [2.75, 3.05) is 44.3 Å². The third-order valence-electron chi connectivity index (χ3n) is 4.09. The molecule has 0 saturated carbocycles. The third kappa shape index (κ3) is 6.40. The maximum absolute atomic E-state index is 5.41. The number of nitrogens with one attached hydrogen (secondary N) is 2. The fourth-order valence-electron chi connectivity index (χ4n) is 2.63. The molecule has 0 unspecified atom stereocenters. The van der Waals surface area contributed by atoms with Crippen LogP contribution >= 0.6 is 0 Å². The van der Waals surface area contributed by atoms with Gasteiger partial charge < -0.3 is 20.3 Å². The number of hydrogen-bond donors (Lipinski definition) is 2. The Bertz CT molecular complexity index is 493. The van der Waals surface area contributed by atoms with Crippen molar-refractivity contribution < 1.29 is 4.74 Å². The van der Waals surface area contributed by atoms with E-state index in [4.69, 9.17) is 4.74 Å². The maximum Gasteiger partial charge on any atom is 0.191 e. The molecule has 2 rings (SSSR count). The van der Waals surface area contributed by atoms with Crippen LogP contribution < -0.4 is 15.5 Å². The van der Waals surface area contributed by atoms with Gasteiger partial charge in [-0.1, -0.05) is 26.0 Å². The smallest absolute Gasteiger partial charge is 0.191 e. The highest BCUT2D eigenvalue weighted by atomic mass is 16.5. The zero-order chi connectivity index (χ0) is 17.2. The van der Waals surface area contributed by atoms with Crippen LogP contribution in [-0.2, 0) is 11.3 Å². The molecule has 1 aliphatic rings. The van der Waals surface area contributed by atoms with E-state index in [1.54, 1.807) is 0 Å². The summed E-state index contributed by atoms with van der Waals surface area (Å²) in [5, 5.41) is 6.71. The van der Waals surface area contributed by atoms with Crippen LogP contribution in [0.4, 0.5) is 5.69 Å². The van der Waals surface area contributed by atoms with Gasteiger partial charge in [0.1, 0.15) is 0 Å². The average Bonchev–Trinajstić information content (AvgIpc) is 2.60. The van der Waals surface area contributed by atoms with Crippen LogP contribution in [0.25, 0.3) is 0 Å². The molecule has 1 aromatic carbocycles. The molecule has 5 nitrogen and oxygen atoms in total. The number of morpholine rings is 1. The van der Waals surface area contributed by atoms with Crippen LogP contribution in [0, 0.1) is 5.92 Å². The Balaban J connectivity index is 1.87. The number of hydrogen-bond acceptors (Lipinski definition) is 3. The highest BCUT2D eigenvalue weighted by Crippen LogP contribution is 2.17. The minimum Gasteiger partial charge on any atom is -0.378 e. The first-order chi connectivity index (χ1) is 11.7. The molecule has 24 heavy (non-hydrogen) atoms. The maximum atomic E-state index is 5.41. The molecule has 0 spiro atoms. The summed E-state index contributed by atoms with van der Waals surface area (Å²) in [6.45, 7) is 12.7. The topological polar surface area (TPSA) is 48.9 Å². The fourth-order valence-corrected chi connectivity index (χ4v) is 2.63. The molecule has 1 saturated heterocycles. The zero-order valence-electron chi connectivity index (χ0n) is 15.3. The lowest BCUT2D eigenvalue weighted by atomic mass is 10.1. The number of aliphatic imine (C=N–C) groups is 1. The monoisotopic (exact) mass is 332 g/mol. The number of benzene rings is 1. The SMILES string of the molecule is CCNC(=NCc1ccc(N2CCOCC2)cc1)NCCC(C)C. The second-order valence-electron chi connectivity index (χ2n) is 6.57. The van der Waals surface area contributed by atoms with Gasteiger partial charge in [-0.15, -0.1) is 0 Å². The second kappa shape index (κ2) is 10.2. The Morgan fingerprint density at radius 2 is 1.88 bits per heavy atom. The number of nitrogens with zero attached hydrogens (tertiary/aromatic N) is 2. The van der Waals surface area contributed by atoms with Crippen molar-refractivity contribution in [3.05, 3.63) is 29.8 Å². The number of guanidine groups is 1.